The van der Waals surface area contributed by atoms with E-state index in [1.807, 2.05) is 0 Å². The molecule has 4 unspecified atom stereocenters. The van der Waals surface area contributed by atoms with Gasteiger partial charge in [-0.05, 0) is 17.8 Å². The third kappa shape index (κ3) is 8.88. The normalized spacial score (nSPS) is 17.8. The SMILES string of the molecule is FSCCCCC(SF)C(SF)C(SF)C(C=CBr)SF. The molecule has 0 rings (SSSR count). The van der Waals surface area contributed by atoms with Crippen LogP contribution < -0.4 is 0 Å². The molecule has 21 heavy (non-hydrogen) atoms. The van der Waals surface area contributed by atoms with Gasteiger partial charge in [0.25, 0.3) is 0 Å². The summed E-state index contributed by atoms with van der Waals surface area (Å²) in [6.07, 6.45) is 2.66. The molecule has 0 aliphatic rings. The van der Waals surface area contributed by atoms with Crippen LogP contribution in [0.15, 0.2) is 11.1 Å². The third-order valence-corrected chi connectivity index (χ3v) is 6.96. The lowest BCUT2D eigenvalue weighted by Gasteiger charge is -2.28. The van der Waals surface area contributed by atoms with Crippen LogP contribution in [-0.2, 0) is 0 Å². The van der Waals surface area contributed by atoms with E-state index in [0.29, 0.717) is 12.8 Å². The minimum absolute atomic E-state index is 0.0586. The highest BCUT2D eigenvalue weighted by Gasteiger charge is 2.38. The molecule has 0 aromatic heterocycles. The highest BCUT2D eigenvalue weighted by atomic mass is 79.9. The maximum Gasteiger partial charge on any atom is 0.0707 e. The first-order valence-electron chi connectivity index (χ1n) is 5.80. The topological polar surface area (TPSA) is 0 Å². The second-order valence-corrected chi connectivity index (χ2v) is 8.02. The van der Waals surface area contributed by atoms with E-state index in [2.05, 4.69) is 15.9 Å². The van der Waals surface area contributed by atoms with E-state index < -0.39 is 21.0 Å². The highest BCUT2D eigenvalue weighted by Crippen LogP contribution is 2.41. The van der Waals surface area contributed by atoms with E-state index in [1.165, 1.54) is 11.1 Å². The average Bonchev–Trinajstić information content (AvgIpc) is 2.51. The quantitative estimate of drug-likeness (QED) is 0.200. The highest BCUT2D eigenvalue weighted by molar-refractivity contribution is 9.11. The van der Waals surface area contributed by atoms with Gasteiger partial charge in [-0.3, -0.25) is 0 Å². The van der Waals surface area contributed by atoms with E-state index in [0.717, 1.165) is 0 Å². The van der Waals surface area contributed by atoms with E-state index in [4.69, 9.17) is 0 Å². The van der Waals surface area contributed by atoms with E-state index in [1.54, 1.807) is 0 Å². The fraction of sp³-hybridized carbons (Fsp3) is 0.800. The van der Waals surface area contributed by atoms with Gasteiger partial charge in [0.1, 0.15) is 0 Å². The number of hydrogen-bond acceptors (Lipinski definition) is 5. The Morgan fingerprint density at radius 2 is 1.52 bits per heavy atom. The minimum atomic E-state index is -1.06. The van der Waals surface area contributed by atoms with E-state index in [9.17, 15) is 19.4 Å². The van der Waals surface area contributed by atoms with Gasteiger partial charge in [-0.2, -0.15) is 19.4 Å². The molecule has 126 valence electrons. The third-order valence-electron chi connectivity index (χ3n) is 2.66. The molecule has 0 nitrogen and oxygen atoms in total. The molecule has 11 heteroatoms. The van der Waals surface area contributed by atoms with Gasteiger partial charge in [0.15, 0.2) is 0 Å². The molecule has 0 aliphatic carbocycles. The van der Waals surface area contributed by atoms with Crippen molar-refractivity contribution in [2.24, 2.45) is 0 Å². The predicted molar refractivity (Wildman–Crippen MR) is 95.4 cm³/mol. The van der Waals surface area contributed by atoms with Crippen LogP contribution in [0.4, 0.5) is 19.4 Å². The molecule has 0 heterocycles. The Kier molecular flexibility index (Phi) is 16.3. The summed E-state index contributed by atoms with van der Waals surface area (Å²) in [5.74, 6) is 0.285. The molecule has 0 saturated carbocycles. The molecule has 0 radical (unpaired) electrons. The van der Waals surface area contributed by atoms with Crippen molar-refractivity contribution in [2.45, 2.75) is 40.3 Å². The Morgan fingerprint density at radius 1 is 0.857 bits per heavy atom. The molecule has 0 aromatic carbocycles. The lowest BCUT2D eigenvalue weighted by Crippen LogP contribution is -2.35. The van der Waals surface area contributed by atoms with Crippen LogP contribution in [0.3, 0.4) is 0 Å². The summed E-state index contributed by atoms with van der Waals surface area (Å²) in [5, 5.41) is -3.84. The average molecular weight is 469 g/mol. The summed E-state index contributed by atoms with van der Waals surface area (Å²) >= 11 is 2.65. The molecule has 0 saturated heterocycles. The van der Waals surface area contributed by atoms with Crippen molar-refractivity contribution in [1.82, 2.24) is 0 Å². The summed E-state index contributed by atoms with van der Waals surface area (Å²) in [6.45, 7) is 0. The van der Waals surface area contributed by atoms with Crippen molar-refractivity contribution in [3.05, 3.63) is 11.1 Å². The molecule has 0 aromatic rings. The van der Waals surface area contributed by atoms with Gasteiger partial charge >= 0.3 is 0 Å². The number of halogens is 6. The standard InChI is InChI=1S/C10H14BrF5S5/c11-5-4-8(19-14)10(21-16)9(20-15)7(18-13)3-1-2-6-17-12/h4-5,7-10H,1-3,6H2. The molecule has 0 bridgehead atoms. The summed E-state index contributed by atoms with van der Waals surface area (Å²) in [4.78, 5) is 1.36. The van der Waals surface area contributed by atoms with Crippen molar-refractivity contribution in [1.29, 1.82) is 0 Å². The second kappa shape index (κ2) is 15.2. The first-order valence-corrected chi connectivity index (χ1v) is 10.7. The zero-order chi connectivity index (χ0) is 16.1. The second-order valence-electron chi connectivity index (χ2n) is 3.92. The molecule has 0 amide bonds. The van der Waals surface area contributed by atoms with Crippen molar-refractivity contribution in [3.8, 4) is 0 Å². The molecule has 0 aliphatic heterocycles. The van der Waals surface area contributed by atoms with Gasteiger partial charge in [0, 0.05) is 30.0 Å². The largest absolute Gasteiger partial charge is 0.165 e. The Hall–Kier alpha value is 1.62. The zero-order valence-corrected chi connectivity index (χ0v) is 16.3. The Bertz CT molecular complexity index is 276. The van der Waals surface area contributed by atoms with Gasteiger partial charge < -0.3 is 0 Å². The van der Waals surface area contributed by atoms with Crippen LogP contribution in [-0.4, -0.2) is 26.8 Å². The number of hydrogen-bond donors (Lipinski definition) is 0. The Morgan fingerprint density at radius 3 is 1.95 bits per heavy atom. The maximum absolute atomic E-state index is 13.2. The predicted octanol–water partition coefficient (Wildman–Crippen LogP) is 7.63. The molecular weight excluding hydrogens is 455 g/mol. The Labute approximate surface area is 152 Å². The lowest BCUT2D eigenvalue weighted by atomic mass is 10.1. The van der Waals surface area contributed by atoms with Gasteiger partial charge in [0.05, 0.1) is 57.4 Å². The molecular formula is C10H14BrF5S5. The fourth-order valence-corrected chi connectivity index (χ4v) is 5.37. The van der Waals surface area contributed by atoms with Crippen LogP contribution in [0.5, 0.6) is 0 Å². The first kappa shape index (κ1) is 22.6. The fourth-order valence-electron chi connectivity index (χ4n) is 1.63. The maximum atomic E-state index is 13.2. The summed E-state index contributed by atoms with van der Waals surface area (Å²) in [7, 11) is 0. The van der Waals surface area contributed by atoms with Gasteiger partial charge in [-0.1, -0.05) is 28.4 Å². The smallest absolute Gasteiger partial charge is 0.0707 e. The van der Waals surface area contributed by atoms with Gasteiger partial charge in [-0.25, -0.2) is 0 Å². The monoisotopic (exact) mass is 468 g/mol. The summed E-state index contributed by atoms with van der Waals surface area (Å²) in [5.41, 5.74) is 0. The summed E-state index contributed by atoms with van der Waals surface area (Å²) in [6, 6.07) is 0. The van der Waals surface area contributed by atoms with Gasteiger partial charge in [-0.15, -0.1) is 0 Å². The van der Waals surface area contributed by atoms with E-state index >= 15 is 0 Å². The Balaban J connectivity index is 4.77. The van der Waals surface area contributed by atoms with Crippen molar-refractivity contribution in [2.75, 3.05) is 5.75 Å². The van der Waals surface area contributed by atoms with Crippen LogP contribution in [0.25, 0.3) is 0 Å². The van der Waals surface area contributed by atoms with Crippen molar-refractivity contribution >= 4 is 76.7 Å². The van der Waals surface area contributed by atoms with Crippen LogP contribution >= 0.6 is 76.7 Å². The molecule has 4 atom stereocenters. The van der Waals surface area contributed by atoms with Crippen LogP contribution in [0, 0.1) is 0 Å². The first-order chi connectivity index (χ1) is 10.2. The van der Waals surface area contributed by atoms with Gasteiger partial charge in [0.2, 0.25) is 0 Å². The lowest BCUT2D eigenvalue weighted by molar-refractivity contribution is 0.625. The van der Waals surface area contributed by atoms with Crippen LogP contribution in [0.1, 0.15) is 19.3 Å². The van der Waals surface area contributed by atoms with Crippen molar-refractivity contribution in [3.63, 3.8) is 0 Å². The molecule has 0 N–H and O–H groups in total. The minimum Gasteiger partial charge on any atom is -0.165 e. The number of unbranched alkanes of at least 4 members (excludes halogenated alkanes) is 1. The van der Waals surface area contributed by atoms with Crippen molar-refractivity contribution < 1.29 is 19.4 Å². The summed E-state index contributed by atoms with van der Waals surface area (Å²) < 4.78 is 64.1. The van der Waals surface area contributed by atoms with Crippen LogP contribution in [0.2, 0.25) is 0 Å². The van der Waals surface area contributed by atoms with E-state index in [-0.39, 0.29) is 72.9 Å². The zero-order valence-electron chi connectivity index (χ0n) is 10.6. The number of rotatable bonds is 13. The molecule has 0 fully saturated rings. The molecule has 0 spiro atoms.